The van der Waals surface area contributed by atoms with E-state index in [-0.39, 0.29) is 18.6 Å². The largest absolute Gasteiger partial charge is 0.394 e. The van der Waals surface area contributed by atoms with Crippen molar-refractivity contribution in [1.29, 1.82) is 0 Å². The SMILES string of the molecule is CNc1ccc(Cl)cc1C(=O)N1CCOC(CO)C1. The molecular formula is C13H17ClN2O3. The summed E-state index contributed by atoms with van der Waals surface area (Å²) in [6.07, 6.45) is -0.310. The summed E-state index contributed by atoms with van der Waals surface area (Å²) in [5.41, 5.74) is 1.27. The van der Waals surface area contributed by atoms with Gasteiger partial charge in [-0.2, -0.15) is 0 Å². The lowest BCUT2D eigenvalue weighted by Gasteiger charge is -2.32. The van der Waals surface area contributed by atoms with Crippen LogP contribution in [-0.2, 0) is 4.74 Å². The van der Waals surface area contributed by atoms with Gasteiger partial charge in [0.25, 0.3) is 5.91 Å². The van der Waals surface area contributed by atoms with Gasteiger partial charge in [-0.1, -0.05) is 11.6 Å². The van der Waals surface area contributed by atoms with E-state index < -0.39 is 0 Å². The van der Waals surface area contributed by atoms with Gasteiger partial charge in [0.05, 0.1) is 24.9 Å². The topological polar surface area (TPSA) is 61.8 Å². The molecular weight excluding hydrogens is 268 g/mol. The van der Waals surface area contributed by atoms with Gasteiger partial charge in [-0.15, -0.1) is 0 Å². The molecule has 2 rings (SSSR count). The predicted octanol–water partition coefficient (Wildman–Crippen LogP) is 1.21. The molecule has 5 nitrogen and oxygen atoms in total. The number of carbonyl (C=O) groups is 1. The molecule has 1 aliphatic heterocycles. The van der Waals surface area contributed by atoms with Crippen molar-refractivity contribution in [3.63, 3.8) is 0 Å². The predicted molar refractivity (Wildman–Crippen MR) is 73.7 cm³/mol. The minimum Gasteiger partial charge on any atom is -0.394 e. The normalized spacial score (nSPS) is 19.3. The Morgan fingerprint density at radius 3 is 3.11 bits per heavy atom. The number of amides is 1. The Bertz CT molecular complexity index is 467. The molecule has 0 spiro atoms. The number of benzene rings is 1. The van der Waals surface area contributed by atoms with Crippen LogP contribution in [-0.4, -0.2) is 55.4 Å². The van der Waals surface area contributed by atoms with Gasteiger partial charge in [0.15, 0.2) is 0 Å². The van der Waals surface area contributed by atoms with E-state index in [1.54, 1.807) is 30.1 Å². The number of nitrogens with one attached hydrogen (secondary N) is 1. The molecule has 0 saturated carbocycles. The number of ether oxygens (including phenoxy) is 1. The molecule has 2 N–H and O–H groups in total. The number of rotatable bonds is 3. The first-order valence-electron chi connectivity index (χ1n) is 6.14. The fourth-order valence-corrected chi connectivity index (χ4v) is 2.27. The van der Waals surface area contributed by atoms with E-state index in [9.17, 15) is 4.79 Å². The van der Waals surface area contributed by atoms with Crippen molar-refractivity contribution in [3.05, 3.63) is 28.8 Å². The summed E-state index contributed by atoms with van der Waals surface area (Å²) >= 11 is 5.95. The second kappa shape index (κ2) is 6.23. The third kappa shape index (κ3) is 3.18. The van der Waals surface area contributed by atoms with Crippen LogP contribution in [0.3, 0.4) is 0 Å². The first kappa shape index (κ1) is 14.1. The fourth-order valence-electron chi connectivity index (χ4n) is 2.10. The molecule has 19 heavy (non-hydrogen) atoms. The van der Waals surface area contributed by atoms with Gasteiger partial charge in [0.2, 0.25) is 0 Å². The standard InChI is InChI=1S/C13H17ClN2O3/c1-15-12-3-2-9(14)6-11(12)13(18)16-4-5-19-10(7-16)8-17/h2-3,6,10,15,17H,4-5,7-8H2,1H3. The molecule has 104 valence electrons. The maximum Gasteiger partial charge on any atom is 0.256 e. The molecule has 0 aliphatic carbocycles. The summed E-state index contributed by atoms with van der Waals surface area (Å²) in [6, 6.07) is 5.17. The van der Waals surface area contributed by atoms with Gasteiger partial charge >= 0.3 is 0 Å². The van der Waals surface area contributed by atoms with Gasteiger partial charge in [-0.05, 0) is 18.2 Å². The van der Waals surface area contributed by atoms with Crippen molar-refractivity contribution >= 4 is 23.2 Å². The summed E-state index contributed by atoms with van der Waals surface area (Å²) in [5, 5.41) is 12.6. The Balaban J connectivity index is 2.21. The van der Waals surface area contributed by atoms with Crippen LogP contribution in [0.5, 0.6) is 0 Å². The lowest BCUT2D eigenvalue weighted by molar-refractivity contribution is -0.0447. The van der Waals surface area contributed by atoms with E-state index in [1.807, 2.05) is 0 Å². The van der Waals surface area contributed by atoms with Gasteiger partial charge in [-0.25, -0.2) is 0 Å². The highest BCUT2D eigenvalue weighted by molar-refractivity contribution is 6.31. The van der Waals surface area contributed by atoms with E-state index in [0.717, 1.165) is 5.69 Å². The van der Waals surface area contributed by atoms with E-state index in [4.69, 9.17) is 21.4 Å². The zero-order valence-electron chi connectivity index (χ0n) is 10.7. The summed E-state index contributed by atoms with van der Waals surface area (Å²) in [4.78, 5) is 14.2. The average Bonchev–Trinajstić information content (AvgIpc) is 2.46. The Hall–Kier alpha value is -1.30. The highest BCUT2D eigenvalue weighted by Crippen LogP contribution is 2.22. The Kier molecular flexibility index (Phi) is 4.63. The van der Waals surface area contributed by atoms with E-state index >= 15 is 0 Å². The third-order valence-corrected chi connectivity index (χ3v) is 3.35. The van der Waals surface area contributed by atoms with Crippen LogP contribution in [0.15, 0.2) is 18.2 Å². The van der Waals surface area contributed by atoms with Gasteiger partial charge in [0.1, 0.15) is 0 Å². The summed E-state index contributed by atoms with van der Waals surface area (Å²) in [5.74, 6) is -0.103. The number of hydrogen-bond donors (Lipinski definition) is 2. The van der Waals surface area contributed by atoms with E-state index in [0.29, 0.717) is 30.3 Å². The Morgan fingerprint density at radius 2 is 2.42 bits per heavy atom. The van der Waals surface area contributed by atoms with Crippen molar-refractivity contribution < 1.29 is 14.6 Å². The molecule has 0 bridgehead atoms. The maximum atomic E-state index is 12.5. The third-order valence-electron chi connectivity index (χ3n) is 3.11. The van der Waals surface area contributed by atoms with Gasteiger partial charge < -0.3 is 20.1 Å². The molecule has 1 fully saturated rings. The van der Waals surface area contributed by atoms with Crippen molar-refractivity contribution in [2.75, 3.05) is 38.7 Å². The number of nitrogens with zero attached hydrogens (tertiary/aromatic N) is 1. The molecule has 1 atom stereocenters. The minimum atomic E-state index is -0.310. The second-order valence-electron chi connectivity index (χ2n) is 4.37. The molecule has 1 saturated heterocycles. The summed E-state index contributed by atoms with van der Waals surface area (Å²) < 4.78 is 5.34. The van der Waals surface area contributed by atoms with Crippen molar-refractivity contribution in [3.8, 4) is 0 Å². The number of aliphatic hydroxyl groups is 1. The van der Waals surface area contributed by atoms with Crippen molar-refractivity contribution in [1.82, 2.24) is 4.90 Å². The number of hydrogen-bond acceptors (Lipinski definition) is 4. The van der Waals surface area contributed by atoms with Crippen LogP contribution >= 0.6 is 11.6 Å². The van der Waals surface area contributed by atoms with Crippen molar-refractivity contribution in [2.45, 2.75) is 6.10 Å². The van der Waals surface area contributed by atoms with Crippen LogP contribution in [0.2, 0.25) is 5.02 Å². The van der Waals surface area contributed by atoms with Crippen LogP contribution in [0.1, 0.15) is 10.4 Å². The van der Waals surface area contributed by atoms with Crippen LogP contribution < -0.4 is 5.32 Å². The van der Waals surface area contributed by atoms with Gasteiger partial charge in [0, 0.05) is 30.8 Å². The minimum absolute atomic E-state index is 0.0851. The molecule has 1 amide bonds. The van der Waals surface area contributed by atoms with Crippen LogP contribution in [0.4, 0.5) is 5.69 Å². The molecule has 1 heterocycles. The molecule has 1 aromatic rings. The number of aliphatic hydroxyl groups excluding tert-OH is 1. The Morgan fingerprint density at radius 1 is 1.63 bits per heavy atom. The maximum absolute atomic E-state index is 12.5. The smallest absolute Gasteiger partial charge is 0.256 e. The Labute approximate surface area is 117 Å². The van der Waals surface area contributed by atoms with Crippen LogP contribution in [0.25, 0.3) is 0 Å². The summed E-state index contributed by atoms with van der Waals surface area (Å²) in [6.45, 7) is 1.26. The monoisotopic (exact) mass is 284 g/mol. The van der Waals surface area contributed by atoms with E-state index in [1.165, 1.54) is 0 Å². The first-order chi connectivity index (χ1) is 9.15. The summed E-state index contributed by atoms with van der Waals surface area (Å²) in [7, 11) is 1.76. The lowest BCUT2D eigenvalue weighted by atomic mass is 10.1. The van der Waals surface area contributed by atoms with Crippen LogP contribution in [0, 0.1) is 0 Å². The fraction of sp³-hybridized carbons (Fsp3) is 0.462. The first-order valence-corrected chi connectivity index (χ1v) is 6.52. The number of halogens is 1. The number of morpholine rings is 1. The molecule has 0 aromatic heterocycles. The van der Waals surface area contributed by atoms with E-state index in [2.05, 4.69) is 5.32 Å². The average molecular weight is 285 g/mol. The molecule has 1 aliphatic rings. The van der Waals surface area contributed by atoms with Crippen molar-refractivity contribution in [2.24, 2.45) is 0 Å². The molecule has 1 unspecified atom stereocenters. The molecule has 1 aromatic carbocycles. The zero-order valence-corrected chi connectivity index (χ0v) is 11.5. The van der Waals surface area contributed by atoms with Gasteiger partial charge in [-0.3, -0.25) is 4.79 Å². The number of anilines is 1. The molecule has 6 heteroatoms. The zero-order chi connectivity index (χ0) is 13.8. The lowest BCUT2D eigenvalue weighted by Crippen LogP contribution is -2.47. The quantitative estimate of drug-likeness (QED) is 0.876. The highest BCUT2D eigenvalue weighted by Gasteiger charge is 2.25. The number of carbonyl (C=O) groups excluding carboxylic acids is 1. The second-order valence-corrected chi connectivity index (χ2v) is 4.80. The highest BCUT2D eigenvalue weighted by atomic mass is 35.5. The molecule has 0 radical (unpaired) electrons.